The number of hydrogen-bond donors (Lipinski definition) is 0. The van der Waals surface area contributed by atoms with Crippen molar-refractivity contribution in [3.63, 3.8) is 0 Å². The Morgan fingerprint density at radius 3 is 2.17 bits per heavy atom. The molecule has 106 valence electrons. The Balaban J connectivity index is 4.35. The number of ether oxygens (including phenoxy) is 1. The van der Waals surface area contributed by atoms with E-state index in [1.165, 1.54) is 12.8 Å². The van der Waals surface area contributed by atoms with E-state index >= 15 is 0 Å². The number of unbranched alkanes of at least 4 members (excludes halogenated alkanes) is 1. The van der Waals surface area contributed by atoms with Crippen LogP contribution in [-0.4, -0.2) is 12.6 Å². The van der Waals surface area contributed by atoms with E-state index in [9.17, 15) is 4.79 Å². The first-order chi connectivity index (χ1) is 8.43. The van der Waals surface area contributed by atoms with Crippen molar-refractivity contribution in [2.24, 2.45) is 11.8 Å². The van der Waals surface area contributed by atoms with Crippen molar-refractivity contribution in [2.45, 2.75) is 67.2 Å². The van der Waals surface area contributed by atoms with Gasteiger partial charge in [-0.05, 0) is 32.1 Å². The standard InChI is InChI=1S/C16H30O2/c1-7-9-10-14(8-2)11-18-16(17)15(12(3)4)13(5)6/h12,14H,7-11H2,1-6H3. The van der Waals surface area contributed by atoms with E-state index in [2.05, 4.69) is 13.8 Å². The van der Waals surface area contributed by atoms with Gasteiger partial charge < -0.3 is 4.74 Å². The maximum absolute atomic E-state index is 12.0. The summed E-state index contributed by atoms with van der Waals surface area (Å²) in [5.74, 6) is 0.623. The molecule has 0 heterocycles. The van der Waals surface area contributed by atoms with Crippen LogP contribution in [0.2, 0.25) is 0 Å². The third kappa shape index (κ3) is 6.23. The molecule has 0 N–H and O–H groups in total. The molecular weight excluding hydrogens is 224 g/mol. The molecule has 0 bridgehead atoms. The molecule has 1 unspecified atom stereocenters. The lowest BCUT2D eigenvalue weighted by Crippen LogP contribution is -2.18. The van der Waals surface area contributed by atoms with Gasteiger partial charge in [-0.25, -0.2) is 4.79 Å². The molecule has 0 saturated carbocycles. The zero-order valence-electron chi connectivity index (χ0n) is 13.0. The topological polar surface area (TPSA) is 26.3 Å². The van der Waals surface area contributed by atoms with E-state index < -0.39 is 0 Å². The van der Waals surface area contributed by atoms with Crippen molar-refractivity contribution < 1.29 is 9.53 Å². The summed E-state index contributed by atoms with van der Waals surface area (Å²) in [5.41, 5.74) is 1.90. The number of carbonyl (C=O) groups is 1. The molecule has 0 aromatic heterocycles. The molecule has 0 rings (SSSR count). The van der Waals surface area contributed by atoms with Gasteiger partial charge in [-0.2, -0.15) is 0 Å². The van der Waals surface area contributed by atoms with Gasteiger partial charge in [0.05, 0.1) is 6.61 Å². The van der Waals surface area contributed by atoms with Gasteiger partial charge in [0.25, 0.3) is 0 Å². The van der Waals surface area contributed by atoms with Gasteiger partial charge in [0.2, 0.25) is 0 Å². The number of carbonyl (C=O) groups excluding carboxylic acids is 1. The van der Waals surface area contributed by atoms with Gasteiger partial charge in [0, 0.05) is 5.57 Å². The highest BCUT2D eigenvalue weighted by molar-refractivity contribution is 5.89. The van der Waals surface area contributed by atoms with Gasteiger partial charge in [0.1, 0.15) is 0 Å². The van der Waals surface area contributed by atoms with Crippen LogP contribution >= 0.6 is 0 Å². The Labute approximate surface area is 113 Å². The number of hydrogen-bond acceptors (Lipinski definition) is 2. The molecule has 0 aromatic rings. The summed E-state index contributed by atoms with van der Waals surface area (Å²) in [6.07, 6.45) is 4.66. The predicted octanol–water partition coefficient (Wildman–Crippen LogP) is 4.74. The van der Waals surface area contributed by atoms with Gasteiger partial charge >= 0.3 is 5.97 Å². The fourth-order valence-electron chi connectivity index (χ4n) is 2.19. The fraction of sp³-hybridized carbons (Fsp3) is 0.812. The summed E-state index contributed by atoms with van der Waals surface area (Å²) in [6.45, 7) is 13.0. The maximum atomic E-state index is 12.0. The Bertz CT molecular complexity index is 273. The van der Waals surface area contributed by atoms with E-state index in [0.29, 0.717) is 12.5 Å². The van der Waals surface area contributed by atoms with Crippen molar-refractivity contribution in [1.82, 2.24) is 0 Å². The van der Waals surface area contributed by atoms with Crippen LogP contribution in [0.4, 0.5) is 0 Å². The molecule has 0 radical (unpaired) electrons. The number of esters is 1. The van der Waals surface area contributed by atoms with Crippen LogP contribution in [0.15, 0.2) is 11.1 Å². The predicted molar refractivity (Wildman–Crippen MR) is 77.5 cm³/mol. The Morgan fingerprint density at radius 1 is 1.17 bits per heavy atom. The molecule has 0 aromatic carbocycles. The summed E-state index contributed by atoms with van der Waals surface area (Å²) in [6, 6.07) is 0. The molecule has 0 spiro atoms. The lowest BCUT2D eigenvalue weighted by atomic mass is 9.98. The molecule has 1 atom stereocenters. The fourth-order valence-corrected chi connectivity index (χ4v) is 2.19. The molecule has 0 amide bonds. The molecule has 18 heavy (non-hydrogen) atoms. The monoisotopic (exact) mass is 254 g/mol. The van der Waals surface area contributed by atoms with Crippen LogP contribution in [0.5, 0.6) is 0 Å². The second kappa shape index (κ2) is 9.18. The van der Waals surface area contributed by atoms with Crippen LogP contribution in [0, 0.1) is 11.8 Å². The molecule has 0 aliphatic rings. The van der Waals surface area contributed by atoms with Gasteiger partial charge in [-0.15, -0.1) is 0 Å². The lowest BCUT2D eigenvalue weighted by molar-refractivity contribution is -0.141. The first-order valence-corrected chi connectivity index (χ1v) is 7.28. The second-order valence-electron chi connectivity index (χ2n) is 5.58. The normalized spacial score (nSPS) is 12.4. The summed E-state index contributed by atoms with van der Waals surface area (Å²) in [4.78, 5) is 12.0. The molecule has 2 nitrogen and oxygen atoms in total. The molecule has 0 saturated heterocycles. The third-order valence-electron chi connectivity index (χ3n) is 3.33. The van der Waals surface area contributed by atoms with E-state index in [0.717, 1.165) is 24.0 Å². The molecule has 0 fully saturated rings. The highest BCUT2D eigenvalue weighted by Gasteiger charge is 2.18. The summed E-state index contributed by atoms with van der Waals surface area (Å²) < 4.78 is 5.48. The highest BCUT2D eigenvalue weighted by Crippen LogP contribution is 2.18. The van der Waals surface area contributed by atoms with E-state index in [1.54, 1.807) is 0 Å². The molecule has 0 aliphatic heterocycles. The Hall–Kier alpha value is -0.790. The average molecular weight is 254 g/mol. The minimum absolute atomic E-state index is 0.125. The summed E-state index contributed by atoms with van der Waals surface area (Å²) in [7, 11) is 0. The van der Waals surface area contributed by atoms with Crippen LogP contribution in [0.25, 0.3) is 0 Å². The van der Waals surface area contributed by atoms with Crippen LogP contribution in [-0.2, 0) is 9.53 Å². The molecule has 0 aliphatic carbocycles. The summed E-state index contributed by atoms with van der Waals surface area (Å²) >= 11 is 0. The zero-order valence-corrected chi connectivity index (χ0v) is 13.0. The average Bonchev–Trinajstić information content (AvgIpc) is 2.28. The van der Waals surface area contributed by atoms with Crippen molar-refractivity contribution in [1.29, 1.82) is 0 Å². The minimum Gasteiger partial charge on any atom is -0.462 e. The van der Waals surface area contributed by atoms with E-state index in [4.69, 9.17) is 4.74 Å². The largest absolute Gasteiger partial charge is 0.462 e. The van der Waals surface area contributed by atoms with Crippen LogP contribution < -0.4 is 0 Å². The van der Waals surface area contributed by atoms with Gasteiger partial charge in [0.15, 0.2) is 0 Å². The minimum atomic E-state index is -0.125. The molecular formula is C16H30O2. The second-order valence-corrected chi connectivity index (χ2v) is 5.58. The van der Waals surface area contributed by atoms with Crippen molar-refractivity contribution in [3.8, 4) is 0 Å². The Kier molecular flexibility index (Phi) is 8.78. The van der Waals surface area contributed by atoms with Crippen LogP contribution in [0.1, 0.15) is 67.2 Å². The van der Waals surface area contributed by atoms with E-state index in [-0.39, 0.29) is 11.9 Å². The summed E-state index contributed by atoms with van der Waals surface area (Å²) in [5, 5.41) is 0. The lowest BCUT2D eigenvalue weighted by Gasteiger charge is -2.17. The first-order valence-electron chi connectivity index (χ1n) is 7.28. The van der Waals surface area contributed by atoms with Crippen LogP contribution in [0.3, 0.4) is 0 Å². The quantitative estimate of drug-likeness (QED) is 0.462. The SMILES string of the molecule is CCCCC(CC)COC(=O)C(=C(C)C)C(C)C. The zero-order chi connectivity index (χ0) is 14.1. The van der Waals surface area contributed by atoms with Gasteiger partial charge in [-0.1, -0.05) is 52.5 Å². The van der Waals surface area contributed by atoms with Crippen molar-refractivity contribution in [2.75, 3.05) is 6.61 Å². The highest BCUT2D eigenvalue weighted by atomic mass is 16.5. The number of rotatable bonds is 8. The van der Waals surface area contributed by atoms with Crippen molar-refractivity contribution in [3.05, 3.63) is 11.1 Å². The van der Waals surface area contributed by atoms with E-state index in [1.807, 2.05) is 27.7 Å². The maximum Gasteiger partial charge on any atom is 0.334 e. The third-order valence-corrected chi connectivity index (χ3v) is 3.33. The van der Waals surface area contributed by atoms with Crippen molar-refractivity contribution >= 4 is 5.97 Å². The first kappa shape index (κ1) is 17.2. The smallest absolute Gasteiger partial charge is 0.334 e. The molecule has 2 heteroatoms. The van der Waals surface area contributed by atoms with Gasteiger partial charge in [-0.3, -0.25) is 0 Å². The number of allylic oxidation sites excluding steroid dienone is 1. The Morgan fingerprint density at radius 2 is 1.78 bits per heavy atom.